The fourth-order valence-corrected chi connectivity index (χ4v) is 4.92. The normalized spacial score (nSPS) is 21.3. The molecule has 5 heteroatoms. The van der Waals surface area contributed by atoms with Crippen LogP contribution in [0.5, 0.6) is 0 Å². The molecule has 0 unspecified atom stereocenters. The Hall–Kier alpha value is -1.30. The van der Waals surface area contributed by atoms with Crippen molar-refractivity contribution >= 4 is 11.8 Å². The number of benzene rings is 1. The number of hydrogen-bond donors (Lipinski definition) is 0. The van der Waals surface area contributed by atoms with E-state index in [1.807, 2.05) is 18.0 Å². The Kier molecular flexibility index (Phi) is 6.31. The number of imidazole rings is 1. The molecule has 0 bridgehead atoms. The van der Waals surface area contributed by atoms with Crippen LogP contribution in [0.2, 0.25) is 0 Å². The fraction of sp³-hybridized carbons (Fsp3) is 0.571. The molecule has 140 valence electrons. The van der Waals surface area contributed by atoms with Crippen LogP contribution < -0.4 is 0 Å². The zero-order valence-corrected chi connectivity index (χ0v) is 16.3. The lowest BCUT2D eigenvalue weighted by atomic mass is 10.1. The summed E-state index contributed by atoms with van der Waals surface area (Å²) < 4.78 is 8.29. The largest absolute Gasteiger partial charge is 0.376 e. The van der Waals surface area contributed by atoms with E-state index in [1.165, 1.54) is 50.0 Å². The van der Waals surface area contributed by atoms with Crippen LogP contribution in [0.4, 0.5) is 0 Å². The van der Waals surface area contributed by atoms with E-state index in [4.69, 9.17) is 9.72 Å². The van der Waals surface area contributed by atoms with E-state index in [2.05, 4.69) is 39.8 Å². The van der Waals surface area contributed by atoms with E-state index in [-0.39, 0.29) is 0 Å². The minimum absolute atomic E-state index is 0.327. The molecule has 0 N–H and O–H groups in total. The molecule has 1 aromatic carbocycles. The molecular formula is C21H29N3OS. The lowest BCUT2D eigenvalue weighted by molar-refractivity contribution is 0.0954. The third-order valence-corrected chi connectivity index (χ3v) is 6.36. The third-order valence-electron chi connectivity index (χ3n) is 5.39. The van der Waals surface area contributed by atoms with E-state index in [9.17, 15) is 0 Å². The van der Waals surface area contributed by atoms with Crippen LogP contribution in [0.15, 0.2) is 41.7 Å². The van der Waals surface area contributed by atoms with Gasteiger partial charge in [0, 0.05) is 18.9 Å². The molecule has 26 heavy (non-hydrogen) atoms. The number of rotatable bonds is 7. The van der Waals surface area contributed by atoms with Gasteiger partial charge < -0.3 is 14.2 Å². The SMILES string of the molecule is c1ccc(-c2cnc(SCCN3CCCCC3)n2C[C@@H]2CCCO2)cc1. The second-order valence-corrected chi connectivity index (χ2v) is 8.35. The minimum atomic E-state index is 0.327. The number of likely N-dealkylation sites (tertiary alicyclic amines) is 1. The van der Waals surface area contributed by atoms with Crippen molar-refractivity contribution in [2.75, 3.05) is 32.0 Å². The number of hydrogen-bond acceptors (Lipinski definition) is 4. The quantitative estimate of drug-likeness (QED) is 0.679. The summed E-state index contributed by atoms with van der Waals surface area (Å²) in [5.74, 6) is 1.11. The van der Waals surface area contributed by atoms with Crippen LogP contribution in [-0.2, 0) is 11.3 Å². The predicted octanol–water partition coefficient (Wildman–Crippen LogP) is 4.31. The van der Waals surface area contributed by atoms with Gasteiger partial charge in [0.25, 0.3) is 0 Å². The maximum absolute atomic E-state index is 5.91. The molecule has 4 nitrogen and oxygen atoms in total. The maximum atomic E-state index is 5.91. The van der Waals surface area contributed by atoms with Crippen molar-refractivity contribution in [3.8, 4) is 11.3 Å². The lowest BCUT2D eigenvalue weighted by Crippen LogP contribution is -2.31. The van der Waals surface area contributed by atoms with Crippen LogP contribution in [0.3, 0.4) is 0 Å². The van der Waals surface area contributed by atoms with E-state index in [1.54, 1.807) is 0 Å². The van der Waals surface area contributed by atoms with Gasteiger partial charge in [-0.3, -0.25) is 0 Å². The van der Waals surface area contributed by atoms with Gasteiger partial charge in [0.05, 0.1) is 24.5 Å². The monoisotopic (exact) mass is 371 g/mol. The standard InChI is InChI=1S/C21H29N3OS/c1-3-8-18(9-4-1)20-16-22-21(24(20)17-19-10-7-14-25-19)26-15-13-23-11-5-2-6-12-23/h1,3-4,8-9,16,19H,2,5-7,10-15,17H2/t19-/m0/s1. The van der Waals surface area contributed by atoms with Crippen LogP contribution in [-0.4, -0.2) is 52.5 Å². The molecule has 0 spiro atoms. The summed E-state index contributed by atoms with van der Waals surface area (Å²) in [5, 5.41) is 1.14. The molecule has 2 fully saturated rings. The van der Waals surface area contributed by atoms with Crippen LogP contribution >= 0.6 is 11.8 Å². The summed E-state index contributed by atoms with van der Waals surface area (Å²) in [6, 6.07) is 10.6. The molecule has 1 aromatic heterocycles. The van der Waals surface area contributed by atoms with Crippen LogP contribution in [0.1, 0.15) is 32.1 Å². The van der Waals surface area contributed by atoms with Gasteiger partial charge in [0.1, 0.15) is 0 Å². The molecule has 0 saturated carbocycles. The predicted molar refractivity (Wildman–Crippen MR) is 108 cm³/mol. The third kappa shape index (κ3) is 4.51. The summed E-state index contributed by atoms with van der Waals surface area (Å²) in [7, 11) is 0. The number of nitrogens with zero attached hydrogens (tertiary/aromatic N) is 3. The van der Waals surface area contributed by atoms with Crippen molar-refractivity contribution in [2.45, 2.75) is 49.9 Å². The van der Waals surface area contributed by atoms with Crippen molar-refractivity contribution in [1.29, 1.82) is 0 Å². The highest BCUT2D eigenvalue weighted by molar-refractivity contribution is 7.99. The number of ether oxygens (including phenoxy) is 1. The first-order chi connectivity index (χ1) is 12.9. The molecule has 2 aliphatic heterocycles. The molecule has 2 aromatic rings. The first-order valence-corrected chi connectivity index (χ1v) is 11.0. The summed E-state index contributed by atoms with van der Waals surface area (Å²) in [5.41, 5.74) is 2.45. The minimum Gasteiger partial charge on any atom is -0.376 e. The Morgan fingerprint density at radius 2 is 1.92 bits per heavy atom. The van der Waals surface area contributed by atoms with E-state index >= 15 is 0 Å². The Labute approximate surface area is 160 Å². The molecule has 3 heterocycles. The van der Waals surface area contributed by atoms with Crippen molar-refractivity contribution in [3.63, 3.8) is 0 Å². The summed E-state index contributed by atoms with van der Waals surface area (Å²) in [6.07, 6.45) is 8.81. The van der Waals surface area contributed by atoms with Crippen molar-refractivity contribution in [3.05, 3.63) is 36.5 Å². The Morgan fingerprint density at radius 1 is 1.08 bits per heavy atom. The summed E-state index contributed by atoms with van der Waals surface area (Å²) >= 11 is 1.89. The summed E-state index contributed by atoms with van der Waals surface area (Å²) in [6.45, 7) is 5.51. The number of piperidine rings is 1. The van der Waals surface area contributed by atoms with Gasteiger partial charge in [-0.25, -0.2) is 4.98 Å². The van der Waals surface area contributed by atoms with Gasteiger partial charge in [-0.1, -0.05) is 48.5 Å². The summed E-state index contributed by atoms with van der Waals surface area (Å²) in [4.78, 5) is 7.37. The zero-order valence-electron chi connectivity index (χ0n) is 15.5. The zero-order chi connectivity index (χ0) is 17.6. The lowest BCUT2D eigenvalue weighted by Gasteiger charge is -2.26. The highest BCUT2D eigenvalue weighted by Gasteiger charge is 2.21. The number of thioether (sulfide) groups is 1. The van der Waals surface area contributed by atoms with Gasteiger partial charge in [-0.15, -0.1) is 0 Å². The second kappa shape index (κ2) is 9.07. The molecule has 2 aliphatic rings. The smallest absolute Gasteiger partial charge is 0.168 e. The Morgan fingerprint density at radius 3 is 2.69 bits per heavy atom. The van der Waals surface area contributed by atoms with Crippen LogP contribution in [0, 0.1) is 0 Å². The Bertz CT molecular complexity index is 676. The van der Waals surface area contributed by atoms with Gasteiger partial charge in [0.2, 0.25) is 0 Å². The second-order valence-electron chi connectivity index (χ2n) is 7.29. The van der Waals surface area contributed by atoms with Gasteiger partial charge in [0.15, 0.2) is 5.16 Å². The van der Waals surface area contributed by atoms with Gasteiger partial charge in [-0.2, -0.15) is 0 Å². The molecule has 0 amide bonds. The van der Waals surface area contributed by atoms with Crippen LogP contribution in [0.25, 0.3) is 11.3 Å². The van der Waals surface area contributed by atoms with E-state index < -0.39 is 0 Å². The molecule has 0 radical (unpaired) electrons. The van der Waals surface area contributed by atoms with Gasteiger partial charge >= 0.3 is 0 Å². The highest BCUT2D eigenvalue weighted by atomic mass is 32.2. The number of aromatic nitrogens is 2. The highest BCUT2D eigenvalue weighted by Crippen LogP contribution is 2.28. The van der Waals surface area contributed by atoms with E-state index in [0.29, 0.717) is 6.10 Å². The first-order valence-electron chi connectivity index (χ1n) is 9.98. The van der Waals surface area contributed by atoms with E-state index in [0.717, 1.165) is 37.0 Å². The first kappa shape index (κ1) is 18.1. The molecule has 4 rings (SSSR count). The van der Waals surface area contributed by atoms with Gasteiger partial charge in [-0.05, 0) is 44.3 Å². The van der Waals surface area contributed by atoms with Crippen molar-refractivity contribution in [2.24, 2.45) is 0 Å². The Balaban J connectivity index is 1.46. The van der Waals surface area contributed by atoms with Crippen molar-refractivity contribution < 1.29 is 4.74 Å². The maximum Gasteiger partial charge on any atom is 0.168 e. The average molecular weight is 372 g/mol. The molecule has 1 atom stereocenters. The van der Waals surface area contributed by atoms with Crippen molar-refractivity contribution in [1.82, 2.24) is 14.5 Å². The molecular weight excluding hydrogens is 342 g/mol. The fourth-order valence-electron chi connectivity index (χ4n) is 3.93. The topological polar surface area (TPSA) is 30.3 Å². The average Bonchev–Trinajstić information content (AvgIpc) is 3.34. The molecule has 2 saturated heterocycles. The molecule has 0 aliphatic carbocycles.